The van der Waals surface area contributed by atoms with Crippen molar-refractivity contribution >= 4 is 17.4 Å². The first-order valence-electron chi connectivity index (χ1n) is 5.31. The summed E-state index contributed by atoms with van der Waals surface area (Å²) in [4.78, 5) is 25.5. The van der Waals surface area contributed by atoms with Gasteiger partial charge in [-0.2, -0.15) is 0 Å². The summed E-state index contributed by atoms with van der Waals surface area (Å²) in [7, 11) is 0. The molecular formula is C13H12N2O3. The van der Waals surface area contributed by atoms with Crippen LogP contribution in [0.3, 0.4) is 0 Å². The van der Waals surface area contributed by atoms with Gasteiger partial charge in [-0.1, -0.05) is 6.07 Å². The molecule has 0 bridgehead atoms. The average Bonchev–Trinajstić information content (AvgIpc) is 2.81. The third-order valence-corrected chi connectivity index (χ3v) is 2.68. The number of aromatic nitrogens is 1. The molecule has 4 N–H and O–H groups in total. The van der Waals surface area contributed by atoms with Gasteiger partial charge in [0.2, 0.25) is 0 Å². The largest absolute Gasteiger partial charge is 0.477 e. The minimum atomic E-state index is -1.10. The maximum Gasteiger partial charge on any atom is 0.352 e. The number of carbonyl (C=O) groups is 2. The van der Waals surface area contributed by atoms with Gasteiger partial charge in [0, 0.05) is 23.0 Å². The number of aromatic amines is 1. The molecule has 0 spiro atoms. The van der Waals surface area contributed by atoms with E-state index in [4.69, 9.17) is 10.8 Å². The Hall–Kier alpha value is -2.56. The molecule has 0 radical (unpaired) electrons. The topological polar surface area (TPSA) is 96.2 Å². The van der Waals surface area contributed by atoms with Gasteiger partial charge in [-0.25, -0.2) is 4.79 Å². The zero-order valence-electron chi connectivity index (χ0n) is 9.73. The van der Waals surface area contributed by atoms with Crippen molar-refractivity contribution in [2.45, 2.75) is 6.92 Å². The predicted molar refractivity (Wildman–Crippen MR) is 66.8 cm³/mol. The number of carbonyl (C=O) groups excluding carboxylic acids is 1. The summed E-state index contributed by atoms with van der Waals surface area (Å²) in [5.74, 6) is -1.35. The molecule has 1 heterocycles. The van der Waals surface area contributed by atoms with Crippen LogP contribution in [0, 0.1) is 6.92 Å². The van der Waals surface area contributed by atoms with Crippen LogP contribution in [0.4, 0.5) is 5.69 Å². The van der Waals surface area contributed by atoms with E-state index in [0.717, 1.165) is 5.56 Å². The molecular weight excluding hydrogens is 232 g/mol. The van der Waals surface area contributed by atoms with Crippen molar-refractivity contribution in [1.82, 2.24) is 4.98 Å². The number of ketones is 1. The minimum Gasteiger partial charge on any atom is -0.477 e. The van der Waals surface area contributed by atoms with Gasteiger partial charge in [0.15, 0.2) is 5.78 Å². The lowest BCUT2D eigenvalue weighted by Gasteiger charge is -2.04. The predicted octanol–water partition coefficient (Wildman–Crippen LogP) is 1.83. The Kier molecular flexibility index (Phi) is 2.89. The molecule has 0 fully saturated rings. The van der Waals surface area contributed by atoms with Gasteiger partial charge in [-0.15, -0.1) is 0 Å². The summed E-state index contributed by atoms with van der Waals surface area (Å²) in [6.45, 7) is 1.80. The summed E-state index contributed by atoms with van der Waals surface area (Å²) in [6.07, 6.45) is 1.38. The molecule has 0 atom stereocenters. The van der Waals surface area contributed by atoms with E-state index in [1.807, 2.05) is 0 Å². The Labute approximate surface area is 103 Å². The fraction of sp³-hybridized carbons (Fsp3) is 0.0769. The highest BCUT2D eigenvalue weighted by Crippen LogP contribution is 2.17. The van der Waals surface area contributed by atoms with E-state index in [2.05, 4.69) is 4.98 Å². The van der Waals surface area contributed by atoms with E-state index in [1.54, 1.807) is 25.1 Å². The smallest absolute Gasteiger partial charge is 0.352 e. The highest BCUT2D eigenvalue weighted by Gasteiger charge is 2.15. The maximum atomic E-state index is 12.2. The lowest BCUT2D eigenvalue weighted by atomic mass is 10.00. The van der Waals surface area contributed by atoms with Crippen molar-refractivity contribution in [2.24, 2.45) is 0 Å². The molecule has 2 rings (SSSR count). The molecule has 18 heavy (non-hydrogen) atoms. The van der Waals surface area contributed by atoms with Crippen molar-refractivity contribution in [3.63, 3.8) is 0 Å². The number of benzene rings is 1. The van der Waals surface area contributed by atoms with E-state index in [9.17, 15) is 9.59 Å². The highest BCUT2D eigenvalue weighted by atomic mass is 16.4. The Bertz CT molecular complexity index is 629. The van der Waals surface area contributed by atoms with Gasteiger partial charge in [0.1, 0.15) is 5.69 Å². The summed E-state index contributed by atoms with van der Waals surface area (Å²) in [5, 5.41) is 8.79. The molecule has 2 aromatic rings. The first-order chi connectivity index (χ1) is 8.49. The average molecular weight is 244 g/mol. The van der Waals surface area contributed by atoms with Crippen LogP contribution in [0.1, 0.15) is 32.0 Å². The fourth-order valence-electron chi connectivity index (χ4n) is 1.69. The molecule has 0 aliphatic rings. The second-order valence-electron chi connectivity index (χ2n) is 4.01. The van der Waals surface area contributed by atoms with Crippen molar-refractivity contribution in [3.8, 4) is 0 Å². The Morgan fingerprint density at radius 1 is 1.28 bits per heavy atom. The van der Waals surface area contributed by atoms with Crippen LogP contribution in [0.15, 0.2) is 30.5 Å². The molecule has 5 heteroatoms. The summed E-state index contributed by atoms with van der Waals surface area (Å²) in [5.41, 5.74) is 7.71. The Morgan fingerprint density at radius 3 is 2.61 bits per heavy atom. The van der Waals surface area contributed by atoms with Gasteiger partial charge in [-0.05, 0) is 30.7 Å². The number of carboxylic acid groups (broad SMARTS) is 1. The molecule has 1 aromatic heterocycles. The first-order valence-corrected chi connectivity index (χ1v) is 5.31. The van der Waals surface area contributed by atoms with E-state index in [1.165, 1.54) is 12.3 Å². The number of rotatable bonds is 3. The Morgan fingerprint density at radius 2 is 2.00 bits per heavy atom. The molecule has 0 saturated carbocycles. The van der Waals surface area contributed by atoms with E-state index in [0.29, 0.717) is 16.8 Å². The first kappa shape index (κ1) is 11.9. The molecule has 0 amide bonds. The monoisotopic (exact) mass is 244 g/mol. The molecule has 92 valence electrons. The molecule has 0 saturated heterocycles. The lowest BCUT2D eigenvalue weighted by molar-refractivity contribution is 0.0691. The zero-order valence-corrected chi connectivity index (χ0v) is 9.73. The number of hydrogen-bond acceptors (Lipinski definition) is 3. The molecule has 0 aliphatic carbocycles. The molecule has 5 nitrogen and oxygen atoms in total. The molecule has 0 aliphatic heterocycles. The SMILES string of the molecule is Cc1ccc(N)cc1C(=O)c1c[nH]c(C(=O)O)c1. The van der Waals surface area contributed by atoms with Crippen LogP contribution in [-0.2, 0) is 0 Å². The van der Waals surface area contributed by atoms with Crippen LogP contribution in [0.25, 0.3) is 0 Å². The number of hydrogen-bond donors (Lipinski definition) is 3. The highest BCUT2D eigenvalue weighted by molar-refractivity contribution is 6.11. The lowest BCUT2D eigenvalue weighted by Crippen LogP contribution is -2.03. The summed E-state index contributed by atoms with van der Waals surface area (Å²) >= 11 is 0. The molecule has 0 unspecified atom stereocenters. The van der Waals surface area contributed by atoms with Crippen molar-refractivity contribution < 1.29 is 14.7 Å². The van der Waals surface area contributed by atoms with E-state index in [-0.39, 0.29) is 11.5 Å². The number of H-pyrrole nitrogens is 1. The Balaban J connectivity index is 2.41. The van der Waals surface area contributed by atoms with Crippen LogP contribution >= 0.6 is 0 Å². The van der Waals surface area contributed by atoms with Crippen molar-refractivity contribution in [2.75, 3.05) is 5.73 Å². The van der Waals surface area contributed by atoms with Gasteiger partial charge in [0.25, 0.3) is 0 Å². The zero-order chi connectivity index (χ0) is 13.3. The number of nitrogens with one attached hydrogen (secondary N) is 1. The number of nitrogens with two attached hydrogens (primary N) is 1. The second-order valence-corrected chi connectivity index (χ2v) is 4.01. The van der Waals surface area contributed by atoms with E-state index < -0.39 is 5.97 Å². The van der Waals surface area contributed by atoms with E-state index >= 15 is 0 Å². The number of aryl methyl sites for hydroxylation is 1. The van der Waals surface area contributed by atoms with Crippen LogP contribution < -0.4 is 5.73 Å². The minimum absolute atomic E-state index is 0.0140. The fourth-order valence-corrected chi connectivity index (χ4v) is 1.69. The van der Waals surface area contributed by atoms with Crippen molar-refractivity contribution in [3.05, 3.63) is 52.8 Å². The standard InChI is InChI=1S/C13H12N2O3/c1-7-2-3-9(14)5-10(7)12(16)8-4-11(13(17)18)15-6-8/h2-6,15H,14H2,1H3,(H,17,18). The normalized spacial score (nSPS) is 10.3. The number of carboxylic acids is 1. The summed E-state index contributed by atoms with van der Waals surface area (Å²) in [6, 6.07) is 6.37. The number of aromatic carboxylic acids is 1. The third-order valence-electron chi connectivity index (χ3n) is 2.68. The summed E-state index contributed by atoms with van der Waals surface area (Å²) < 4.78 is 0. The van der Waals surface area contributed by atoms with Crippen LogP contribution in [0.2, 0.25) is 0 Å². The van der Waals surface area contributed by atoms with Gasteiger partial charge in [0.05, 0.1) is 0 Å². The van der Waals surface area contributed by atoms with Gasteiger partial charge in [-0.3, -0.25) is 4.79 Å². The van der Waals surface area contributed by atoms with Crippen LogP contribution in [-0.4, -0.2) is 21.8 Å². The number of nitrogen functional groups attached to an aromatic ring is 1. The maximum absolute atomic E-state index is 12.2. The molecule has 1 aromatic carbocycles. The van der Waals surface area contributed by atoms with Gasteiger partial charge < -0.3 is 15.8 Å². The van der Waals surface area contributed by atoms with Gasteiger partial charge >= 0.3 is 5.97 Å². The second kappa shape index (κ2) is 4.37. The quantitative estimate of drug-likeness (QED) is 0.567. The van der Waals surface area contributed by atoms with Crippen molar-refractivity contribution in [1.29, 1.82) is 0 Å². The number of anilines is 1. The van der Waals surface area contributed by atoms with Crippen LogP contribution in [0.5, 0.6) is 0 Å². The third kappa shape index (κ3) is 2.10.